The van der Waals surface area contributed by atoms with Gasteiger partial charge in [0.25, 0.3) is 0 Å². The van der Waals surface area contributed by atoms with Crippen molar-refractivity contribution in [1.29, 1.82) is 0 Å². The summed E-state index contributed by atoms with van der Waals surface area (Å²) in [5.41, 5.74) is 2.13. The largest absolute Gasteiger partial charge is 0.411 e. The smallest absolute Gasteiger partial charge is 0.0717 e. The number of rotatable bonds is 4. The van der Waals surface area contributed by atoms with Crippen LogP contribution in [0.25, 0.3) is 0 Å². The number of oxime groups is 1. The van der Waals surface area contributed by atoms with Crippen LogP contribution in [-0.2, 0) is 11.3 Å². The number of nitrogens with zero attached hydrogens (tertiary/aromatic N) is 1. The number of hydrogen-bond donors (Lipinski definition) is 1. The van der Waals surface area contributed by atoms with Crippen molar-refractivity contribution < 1.29 is 9.94 Å². The van der Waals surface area contributed by atoms with E-state index in [-0.39, 0.29) is 0 Å². The maximum absolute atomic E-state index is 8.76. The lowest BCUT2D eigenvalue weighted by Gasteiger charge is -2.22. The van der Waals surface area contributed by atoms with Crippen molar-refractivity contribution in [3.63, 3.8) is 0 Å². The number of hydrogen-bond acceptors (Lipinski definition) is 3. The summed E-state index contributed by atoms with van der Waals surface area (Å²) < 4.78 is 5.72. The SMILES string of the molecule is O/N=C1\CCCC(COCc2ccccc2)C1. The zero-order valence-electron chi connectivity index (χ0n) is 10.0. The van der Waals surface area contributed by atoms with Gasteiger partial charge in [-0.3, -0.25) is 0 Å². The van der Waals surface area contributed by atoms with Gasteiger partial charge in [-0.1, -0.05) is 35.5 Å². The molecule has 92 valence electrons. The van der Waals surface area contributed by atoms with E-state index in [1.165, 1.54) is 12.0 Å². The highest BCUT2D eigenvalue weighted by molar-refractivity contribution is 5.84. The molecular weight excluding hydrogens is 214 g/mol. The summed E-state index contributed by atoms with van der Waals surface area (Å²) >= 11 is 0. The highest BCUT2D eigenvalue weighted by Gasteiger charge is 2.18. The fraction of sp³-hybridized carbons (Fsp3) is 0.500. The van der Waals surface area contributed by atoms with Crippen molar-refractivity contribution >= 4 is 5.71 Å². The van der Waals surface area contributed by atoms with E-state index in [9.17, 15) is 0 Å². The van der Waals surface area contributed by atoms with Crippen molar-refractivity contribution in [3.05, 3.63) is 35.9 Å². The quantitative estimate of drug-likeness (QED) is 0.641. The Balaban J connectivity index is 1.72. The fourth-order valence-electron chi connectivity index (χ4n) is 2.28. The maximum Gasteiger partial charge on any atom is 0.0717 e. The Morgan fingerprint density at radius 1 is 1.29 bits per heavy atom. The molecule has 0 saturated heterocycles. The summed E-state index contributed by atoms with van der Waals surface area (Å²) in [4.78, 5) is 0. The molecule has 1 atom stereocenters. The van der Waals surface area contributed by atoms with Gasteiger partial charge in [-0.2, -0.15) is 0 Å². The molecule has 1 aromatic carbocycles. The Hall–Kier alpha value is -1.35. The molecule has 3 heteroatoms. The monoisotopic (exact) mass is 233 g/mol. The molecule has 17 heavy (non-hydrogen) atoms. The van der Waals surface area contributed by atoms with Crippen LogP contribution in [0.15, 0.2) is 35.5 Å². The molecule has 1 N–H and O–H groups in total. The second-order valence-corrected chi connectivity index (χ2v) is 4.63. The first-order chi connectivity index (χ1) is 8.38. The van der Waals surface area contributed by atoms with Crippen LogP contribution in [0, 0.1) is 5.92 Å². The third kappa shape index (κ3) is 3.86. The van der Waals surface area contributed by atoms with Crippen molar-refractivity contribution in [2.45, 2.75) is 32.3 Å². The maximum atomic E-state index is 8.76. The molecule has 1 saturated carbocycles. The van der Waals surface area contributed by atoms with Gasteiger partial charge >= 0.3 is 0 Å². The van der Waals surface area contributed by atoms with Crippen LogP contribution >= 0.6 is 0 Å². The first-order valence-corrected chi connectivity index (χ1v) is 6.20. The molecule has 0 heterocycles. The van der Waals surface area contributed by atoms with Gasteiger partial charge in [0.05, 0.1) is 18.9 Å². The molecule has 0 aliphatic heterocycles. The molecule has 0 amide bonds. The minimum absolute atomic E-state index is 0.512. The molecule has 0 spiro atoms. The van der Waals surface area contributed by atoms with Gasteiger partial charge in [0.15, 0.2) is 0 Å². The van der Waals surface area contributed by atoms with Gasteiger partial charge < -0.3 is 9.94 Å². The highest BCUT2D eigenvalue weighted by Crippen LogP contribution is 2.22. The average molecular weight is 233 g/mol. The summed E-state index contributed by atoms with van der Waals surface area (Å²) in [5, 5.41) is 12.1. The summed E-state index contributed by atoms with van der Waals surface area (Å²) in [6.45, 7) is 1.43. The number of benzene rings is 1. The van der Waals surface area contributed by atoms with Crippen LogP contribution in [0.3, 0.4) is 0 Å². The molecule has 0 radical (unpaired) electrons. The first-order valence-electron chi connectivity index (χ1n) is 6.20. The predicted octanol–water partition coefficient (Wildman–Crippen LogP) is 3.22. The molecule has 1 aliphatic carbocycles. The summed E-state index contributed by atoms with van der Waals surface area (Å²) in [6, 6.07) is 10.2. The molecule has 0 bridgehead atoms. The third-order valence-corrected chi connectivity index (χ3v) is 3.21. The second kappa shape index (κ2) is 6.40. The van der Waals surface area contributed by atoms with Crippen LogP contribution in [0.5, 0.6) is 0 Å². The van der Waals surface area contributed by atoms with Crippen molar-refractivity contribution in [2.75, 3.05) is 6.61 Å². The minimum Gasteiger partial charge on any atom is -0.411 e. The van der Waals surface area contributed by atoms with E-state index >= 15 is 0 Å². The normalized spacial score (nSPS) is 22.8. The lowest BCUT2D eigenvalue weighted by atomic mass is 9.88. The fourth-order valence-corrected chi connectivity index (χ4v) is 2.28. The van der Waals surface area contributed by atoms with Crippen molar-refractivity contribution in [3.8, 4) is 0 Å². The van der Waals surface area contributed by atoms with Gasteiger partial charge in [-0.15, -0.1) is 0 Å². The Morgan fingerprint density at radius 2 is 2.12 bits per heavy atom. The van der Waals surface area contributed by atoms with Crippen LogP contribution < -0.4 is 0 Å². The van der Waals surface area contributed by atoms with Gasteiger partial charge in [-0.25, -0.2) is 0 Å². The van der Waals surface area contributed by atoms with E-state index < -0.39 is 0 Å². The van der Waals surface area contributed by atoms with Crippen molar-refractivity contribution in [2.24, 2.45) is 11.1 Å². The average Bonchev–Trinajstić information content (AvgIpc) is 2.40. The molecule has 0 aromatic heterocycles. The van der Waals surface area contributed by atoms with Crippen LogP contribution in [0.4, 0.5) is 0 Å². The predicted molar refractivity (Wildman–Crippen MR) is 67.3 cm³/mol. The summed E-state index contributed by atoms with van der Waals surface area (Å²) in [5.74, 6) is 0.512. The van der Waals surface area contributed by atoms with Crippen LogP contribution in [0.1, 0.15) is 31.2 Å². The second-order valence-electron chi connectivity index (χ2n) is 4.63. The van der Waals surface area contributed by atoms with Gasteiger partial charge in [0, 0.05) is 0 Å². The van der Waals surface area contributed by atoms with E-state index in [2.05, 4.69) is 17.3 Å². The van der Waals surface area contributed by atoms with E-state index in [1.54, 1.807) is 0 Å². The van der Waals surface area contributed by atoms with Gasteiger partial charge in [0.1, 0.15) is 0 Å². The van der Waals surface area contributed by atoms with E-state index in [4.69, 9.17) is 9.94 Å². The zero-order valence-corrected chi connectivity index (χ0v) is 10.0. The Morgan fingerprint density at radius 3 is 2.88 bits per heavy atom. The minimum atomic E-state index is 0.512. The Bertz CT molecular complexity index is 362. The van der Waals surface area contributed by atoms with E-state index in [1.807, 2.05) is 18.2 Å². The summed E-state index contributed by atoms with van der Waals surface area (Å²) in [6.07, 6.45) is 4.10. The van der Waals surface area contributed by atoms with Crippen LogP contribution in [-0.4, -0.2) is 17.5 Å². The Labute approximate surface area is 102 Å². The van der Waals surface area contributed by atoms with Gasteiger partial charge in [0.2, 0.25) is 0 Å². The zero-order chi connectivity index (χ0) is 11.9. The molecule has 2 rings (SSSR count). The van der Waals surface area contributed by atoms with E-state index in [0.717, 1.165) is 31.6 Å². The lowest BCUT2D eigenvalue weighted by molar-refractivity contribution is 0.0831. The molecule has 1 unspecified atom stereocenters. The molecule has 3 nitrogen and oxygen atoms in total. The highest BCUT2D eigenvalue weighted by atomic mass is 16.5. The van der Waals surface area contributed by atoms with E-state index in [0.29, 0.717) is 12.5 Å². The third-order valence-electron chi connectivity index (χ3n) is 3.21. The topological polar surface area (TPSA) is 41.8 Å². The first kappa shape index (κ1) is 12.1. The number of ether oxygens (including phenoxy) is 1. The van der Waals surface area contributed by atoms with Crippen molar-refractivity contribution in [1.82, 2.24) is 0 Å². The molecule has 1 aromatic rings. The Kier molecular flexibility index (Phi) is 4.56. The lowest BCUT2D eigenvalue weighted by Crippen LogP contribution is -2.19. The standard InChI is InChI=1S/C14H19NO2/c16-15-14-8-4-7-13(9-14)11-17-10-12-5-2-1-3-6-12/h1-3,5-6,13,16H,4,7-11H2/b15-14+. The molecular formula is C14H19NO2. The molecule has 1 aliphatic rings. The van der Waals surface area contributed by atoms with Crippen LogP contribution in [0.2, 0.25) is 0 Å². The summed E-state index contributed by atoms with van der Waals surface area (Å²) in [7, 11) is 0. The molecule has 1 fully saturated rings. The van der Waals surface area contributed by atoms with Gasteiger partial charge in [-0.05, 0) is 37.2 Å².